The van der Waals surface area contributed by atoms with E-state index in [1.807, 2.05) is 19.1 Å². The monoisotopic (exact) mass is 260 g/mol. The quantitative estimate of drug-likeness (QED) is 0.766. The predicted molar refractivity (Wildman–Crippen MR) is 75.9 cm³/mol. The third-order valence-corrected chi connectivity index (χ3v) is 3.37. The summed E-state index contributed by atoms with van der Waals surface area (Å²) in [6.07, 6.45) is 1.88. The van der Waals surface area contributed by atoms with Gasteiger partial charge >= 0.3 is 0 Å². The molecule has 2 aromatic rings. The van der Waals surface area contributed by atoms with E-state index in [2.05, 4.69) is 35.9 Å². The van der Waals surface area contributed by atoms with Crippen molar-refractivity contribution in [2.45, 2.75) is 33.6 Å². The highest BCUT2D eigenvalue weighted by Gasteiger charge is 2.12. The predicted octanol–water partition coefficient (Wildman–Crippen LogP) is 4.37. The Hall–Kier alpha value is -1.41. The lowest BCUT2D eigenvalue weighted by molar-refractivity contribution is 0.833. The Bertz CT molecular complexity index is 564. The summed E-state index contributed by atoms with van der Waals surface area (Å²) < 4.78 is 0. The van der Waals surface area contributed by atoms with Gasteiger partial charge in [0, 0.05) is 17.5 Å². The van der Waals surface area contributed by atoms with E-state index in [0.717, 1.165) is 35.5 Å². The molecule has 94 valence electrons. The average molecular weight is 261 g/mol. The third-order valence-electron chi connectivity index (χ3n) is 3.01. The normalized spacial score (nSPS) is 10.7. The second-order valence-electron chi connectivity index (χ2n) is 4.47. The van der Waals surface area contributed by atoms with Gasteiger partial charge in [-0.25, -0.2) is 9.97 Å². The summed E-state index contributed by atoms with van der Waals surface area (Å²) in [5.41, 5.74) is 4.25. The van der Waals surface area contributed by atoms with Gasteiger partial charge in [-0.3, -0.25) is 0 Å². The van der Waals surface area contributed by atoms with Crippen molar-refractivity contribution in [1.82, 2.24) is 9.97 Å². The summed E-state index contributed by atoms with van der Waals surface area (Å²) in [6.45, 7) is 6.18. The zero-order chi connectivity index (χ0) is 13.1. The minimum Gasteiger partial charge on any atom is -0.233 e. The van der Waals surface area contributed by atoms with Gasteiger partial charge in [0.15, 0.2) is 0 Å². The number of aromatic nitrogens is 2. The molecule has 0 spiro atoms. The summed E-state index contributed by atoms with van der Waals surface area (Å²) in [5, 5.41) is 0.562. The molecule has 3 heteroatoms. The molecular weight excluding hydrogens is 244 g/mol. The average Bonchev–Trinajstić information content (AvgIpc) is 2.35. The number of rotatable bonds is 3. The number of nitrogens with zero attached hydrogens (tertiary/aromatic N) is 2. The largest absolute Gasteiger partial charge is 0.233 e. The molecule has 0 aliphatic rings. The maximum Gasteiger partial charge on any atom is 0.136 e. The summed E-state index contributed by atoms with van der Waals surface area (Å²) >= 11 is 6.21. The fourth-order valence-corrected chi connectivity index (χ4v) is 2.16. The number of halogens is 1. The van der Waals surface area contributed by atoms with Crippen LogP contribution in [0.25, 0.3) is 11.3 Å². The van der Waals surface area contributed by atoms with E-state index in [-0.39, 0.29) is 0 Å². The molecule has 1 aromatic carbocycles. The first-order chi connectivity index (χ1) is 8.63. The lowest BCUT2D eigenvalue weighted by Gasteiger charge is -2.11. The standard InChI is InChI=1S/C15H17ClN2/c1-4-7-13-17-14(11(3)15(16)18-13)12-9-6-5-8-10(12)2/h5-6,8-9H,4,7H2,1-3H3. The van der Waals surface area contributed by atoms with Crippen molar-refractivity contribution in [2.24, 2.45) is 0 Å². The molecule has 2 rings (SSSR count). The molecule has 0 radical (unpaired) electrons. The molecule has 0 saturated carbocycles. The zero-order valence-corrected chi connectivity index (χ0v) is 11.8. The first-order valence-corrected chi connectivity index (χ1v) is 6.60. The van der Waals surface area contributed by atoms with E-state index in [1.54, 1.807) is 0 Å². The van der Waals surface area contributed by atoms with Crippen molar-refractivity contribution < 1.29 is 0 Å². The number of benzene rings is 1. The van der Waals surface area contributed by atoms with Crippen molar-refractivity contribution in [2.75, 3.05) is 0 Å². The molecule has 0 aliphatic heterocycles. The van der Waals surface area contributed by atoms with Crippen LogP contribution in [0.15, 0.2) is 24.3 Å². The highest BCUT2D eigenvalue weighted by Crippen LogP contribution is 2.28. The minimum absolute atomic E-state index is 0.562. The van der Waals surface area contributed by atoms with Gasteiger partial charge < -0.3 is 0 Å². The van der Waals surface area contributed by atoms with Gasteiger partial charge in [-0.05, 0) is 25.8 Å². The van der Waals surface area contributed by atoms with Crippen LogP contribution in [-0.2, 0) is 6.42 Å². The molecular formula is C15H17ClN2. The van der Waals surface area contributed by atoms with Crippen LogP contribution in [0.1, 0.15) is 30.3 Å². The molecule has 0 unspecified atom stereocenters. The Kier molecular flexibility index (Phi) is 3.97. The van der Waals surface area contributed by atoms with Gasteiger partial charge in [-0.2, -0.15) is 0 Å². The van der Waals surface area contributed by atoms with Gasteiger partial charge in [0.25, 0.3) is 0 Å². The van der Waals surface area contributed by atoms with Gasteiger partial charge in [0.05, 0.1) is 5.69 Å². The smallest absolute Gasteiger partial charge is 0.136 e. The van der Waals surface area contributed by atoms with Crippen LogP contribution < -0.4 is 0 Å². The molecule has 0 amide bonds. The maximum absolute atomic E-state index is 6.21. The summed E-state index contributed by atoms with van der Waals surface area (Å²) in [5.74, 6) is 0.825. The SMILES string of the molecule is CCCc1nc(Cl)c(C)c(-c2ccccc2C)n1. The van der Waals surface area contributed by atoms with Crippen LogP contribution >= 0.6 is 11.6 Å². The van der Waals surface area contributed by atoms with Crippen LogP contribution in [0.2, 0.25) is 5.15 Å². The van der Waals surface area contributed by atoms with E-state index < -0.39 is 0 Å². The first kappa shape index (κ1) is 13.0. The van der Waals surface area contributed by atoms with Crippen LogP contribution in [0.5, 0.6) is 0 Å². The van der Waals surface area contributed by atoms with Crippen molar-refractivity contribution in [3.8, 4) is 11.3 Å². The third kappa shape index (κ3) is 2.54. The molecule has 0 aliphatic carbocycles. The number of hydrogen-bond acceptors (Lipinski definition) is 2. The topological polar surface area (TPSA) is 25.8 Å². The summed E-state index contributed by atoms with van der Waals surface area (Å²) in [4.78, 5) is 8.99. The van der Waals surface area contributed by atoms with Gasteiger partial charge in [-0.15, -0.1) is 0 Å². The molecule has 1 aromatic heterocycles. The Morgan fingerprint density at radius 1 is 1.11 bits per heavy atom. The fourth-order valence-electron chi connectivity index (χ4n) is 1.97. The number of hydrogen-bond donors (Lipinski definition) is 0. The van der Waals surface area contributed by atoms with Crippen molar-refractivity contribution in [3.05, 3.63) is 46.4 Å². The van der Waals surface area contributed by atoms with Crippen LogP contribution in [0, 0.1) is 13.8 Å². The van der Waals surface area contributed by atoms with Crippen LogP contribution in [0.3, 0.4) is 0 Å². The molecule has 0 fully saturated rings. The first-order valence-electron chi connectivity index (χ1n) is 6.22. The molecule has 0 N–H and O–H groups in total. The molecule has 1 heterocycles. The van der Waals surface area contributed by atoms with E-state index in [1.165, 1.54) is 5.56 Å². The van der Waals surface area contributed by atoms with E-state index in [4.69, 9.17) is 11.6 Å². The Balaban J connectivity index is 2.59. The second kappa shape index (κ2) is 5.49. The molecule has 0 bridgehead atoms. The fraction of sp³-hybridized carbons (Fsp3) is 0.333. The van der Waals surface area contributed by atoms with Gasteiger partial charge in [0.1, 0.15) is 11.0 Å². The van der Waals surface area contributed by atoms with Crippen LogP contribution in [0.4, 0.5) is 0 Å². The second-order valence-corrected chi connectivity index (χ2v) is 4.83. The van der Waals surface area contributed by atoms with E-state index in [9.17, 15) is 0 Å². The zero-order valence-electron chi connectivity index (χ0n) is 11.0. The molecule has 18 heavy (non-hydrogen) atoms. The van der Waals surface area contributed by atoms with Crippen molar-refractivity contribution in [1.29, 1.82) is 0 Å². The molecule has 0 saturated heterocycles. The highest BCUT2D eigenvalue weighted by atomic mass is 35.5. The summed E-state index contributed by atoms with van der Waals surface area (Å²) in [7, 11) is 0. The lowest BCUT2D eigenvalue weighted by Crippen LogP contribution is -2.01. The Labute approximate surface area is 113 Å². The lowest BCUT2D eigenvalue weighted by atomic mass is 10.0. The Morgan fingerprint density at radius 2 is 1.83 bits per heavy atom. The van der Waals surface area contributed by atoms with Crippen LogP contribution in [-0.4, -0.2) is 9.97 Å². The maximum atomic E-state index is 6.21. The highest BCUT2D eigenvalue weighted by molar-refractivity contribution is 6.30. The van der Waals surface area contributed by atoms with Gasteiger partial charge in [0.2, 0.25) is 0 Å². The number of aryl methyl sites for hydroxylation is 2. The van der Waals surface area contributed by atoms with Crippen molar-refractivity contribution >= 4 is 11.6 Å². The molecule has 2 nitrogen and oxygen atoms in total. The van der Waals surface area contributed by atoms with Gasteiger partial charge in [-0.1, -0.05) is 42.8 Å². The molecule has 0 atom stereocenters. The minimum atomic E-state index is 0.562. The van der Waals surface area contributed by atoms with Crippen molar-refractivity contribution in [3.63, 3.8) is 0 Å². The Morgan fingerprint density at radius 3 is 2.50 bits per heavy atom. The van der Waals surface area contributed by atoms with E-state index >= 15 is 0 Å². The summed E-state index contributed by atoms with van der Waals surface area (Å²) in [6, 6.07) is 8.22. The van der Waals surface area contributed by atoms with E-state index in [0.29, 0.717) is 5.15 Å².